The van der Waals surface area contributed by atoms with Crippen LogP contribution in [0.5, 0.6) is 22.4 Å². The summed E-state index contributed by atoms with van der Waals surface area (Å²) >= 11 is 5.20. The molecule has 8 aromatic heterocycles. The number of halogens is 3. The smallest absolute Gasteiger partial charge is 0.294 e. The van der Waals surface area contributed by atoms with Crippen LogP contribution >= 0.6 is 45.3 Å². The molecule has 0 aliphatic heterocycles. The zero-order valence-corrected chi connectivity index (χ0v) is 39.4. The molecule has 0 radical (unpaired) electrons. The van der Waals surface area contributed by atoms with Gasteiger partial charge >= 0.3 is 0 Å². The van der Waals surface area contributed by atoms with Gasteiger partial charge in [0.1, 0.15) is 74.7 Å². The normalized spacial score (nSPS) is 12.3. The molecule has 0 saturated carbocycles. The summed E-state index contributed by atoms with van der Waals surface area (Å²) in [4.78, 5) is 19.9. The highest BCUT2D eigenvalue weighted by molar-refractivity contribution is 7.18. The first-order valence-corrected chi connectivity index (χ1v) is 24.3. The van der Waals surface area contributed by atoms with Crippen molar-refractivity contribution in [2.45, 2.75) is 26.3 Å². The number of hydrogen-bond donors (Lipinski definition) is 0. The molecular weight excluding hydrogens is 970 g/mol. The molecule has 14 nitrogen and oxygen atoms in total. The molecule has 0 spiro atoms. The highest BCUT2D eigenvalue weighted by Gasteiger charge is 2.26. The first-order chi connectivity index (χ1) is 33.6. The lowest BCUT2D eigenvalue weighted by molar-refractivity contribution is 0.303. The van der Waals surface area contributed by atoms with Crippen molar-refractivity contribution in [3.05, 3.63) is 130 Å². The van der Waals surface area contributed by atoms with Gasteiger partial charge in [-0.2, -0.15) is 5.10 Å². The van der Waals surface area contributed by atoms with Gasteiger partial charge in [-0.05, 0) is 48.6 Å². The quantitative estimate of drug-likeness (QED) is 0.102. The van der Waals surface area contributed by atoms with E-state index in [1.807, 2.05) is 47.2 Å². The number of alkyl halides is 1. The number of ether oxygens (including phenoxy) is 4. The summed E-state index contributed by atoms with van der Waals surface area (Å²) in [5.41, 5.74) is 4.07. The standard InChI is InChI=1S/C48H31F3N8O6S4/c1-23(49)43-56-58-17-35(54-46(58)68-43)40-15-31-37(63-20-26-21-66-44(52-26)24-7-5-4-6-8-24)16-33(51)41(42(31)65-40)29-11-25(9-10-32(29)50)45-53-27(22-67-45)19-62-36-12-28(60-2)13-38-30(36)14-39(64-38)34-18-59-47(55-34)69-48(57-59)61-3/h4-18,21-23H,19-20H2,1-3H3/t23-/m0/s1. The van der Waals surface area contributed by atoms with Gasteiger partial charge in [-0.3, -0.25) is 0 Å². The molecule has 8 heterocycles. The van der Waals surface area contributed by atoms with Gasteiger partial charge in [0, 0.05) is 45.6 Å². The van der Waals surface area contributed by atoms with E-state index in [1.165, 1.54) is 57.6 Å². The molecular formula is C48H31F3N8O6S4. The fourth-order valence-electron chi connectivity index (χ4n) is 7.70. The predicted molar refractivity (Wildman–Crippen MR) is 257 cm³/mol. The lowest BCUT2D eigenvalue weighted by Crippen LogP contribution is -1.98. The van der Waals surface area contributed by atoms with Crippen LogP contribution in [-0.4, -0.2) is 53.4 Å². The molecule has 0 fully saturated rings. The second-order valence-electron chi connectivity index (χ2n) is 15.5. The fraction of sp³-hybridized carbons (Fsp3) is 0.125. The Labute approximate surface area is 403 Å². The van der Waals surface area contributed by atoms with E-state index < -0.39 is 17.8 Å². The largest absolute Gasteiger partial charge is 0.496 e. The van der Waals surface area contributed by atoms with Crippen molar-refractivity contribution in [3.63, 3.8) is 0 Å². The summed E-state index contributed by atoms with van der Waals surface area (Å²) in [7, 11) is 3.11. The monoisotopic (exact) mass is 1000 g/mol. The number of imidazole rings is 2. The Balaban J connectivity index is 0.853. The van der Waals surface area contributed by atoms with Crippen LogP contribution in [0.25, 0.3) is 87.0 Å². The van der Waals surface area contributed by atoms with Crippen molar-refractivity contribution in [2.24, 2.45) is 0 Å². The van der Waals surface area contributed by atoms with Gasteiger partial charge in [-0.1, -0.05) is 41.7 Å². The fourth-order valence-corrected chi connectivity index (χ4v) is 10.8. The van der Waals surface area contributed by atoms with Crippen molar-refractivity contribution in [1.82, 2.24) is 39.2 Å². The third-order valence-corrected chi connectivity index (χ3v) is 14.8. The molecule has 0 aliphatic rings. The number of nitrogens with zero attached hydrogens (tertiary/aromatic N) is 8. The molecule has 4 aromatic carbocycles. The number of methoxy groups -OCH3 is 2. The van der Waals surface area contributed by atoms with Crippen molar-refractivity contribution in [2.75, 3.05) is 14.2 Å². The highest BCUT2D eigenvalue weighted by Crippen LogP contribution is 2.44. The summed E-state index contributed by atoms with van der Waals surface area (Å²) in [5.74, 6) is 0.473. The van der Waals surface area contributed by atoms with E-state index in [-0.39, 0.29) is 46.4 Å². The Morgan fingerprint density at radius 3 is 2.01 bits per heavy atom. The minimum absolute atomic E-state index is 0.0241. The Hall–Kier alpha value is -7.59. The highest BCUT2D eigenvalue weighted by atomic mass is 32.1. The third-order valence-electron chi connectivity index (χ3n) is 11.0. The lowest BCUT2D eigenvalue weighted by Gasteiger charge is -2.12. The van der Waals surface area contributed by atoms with Crippen LogP contribution in [-0.2, 0) is 13.2 Å². The number of furan rings is 2. The molecule has 69 heavy (non-hydrogen) atoms. The van der Waals surface area contributed by atoms with Crippen molar-refractivity contribution >= 4 is 77.2 Å². The van der Waals surface area contributed by atoms with Crippen LogP contribution in [0.15, 0.2) is 111 Å². The molecule has 1 atom stereocenters. The van der Waals surface area contributed by atoms with Crippen molar-refractivity contribution < 1.29 is 41.0 Å². The SMILES string of the molecule is COc1cc(OCc2csc(-c3ccc(F)c(-c4c(F)cc(OCc5csc(-c6ccccc6)n5)c5cc(-c6cn7nc([C@H](C)F)sc7n6)oc45)c3)n2)c2cc(-c3cn4nc(OC)sc4n3)oc2c1. The van der Waals surface area contributed by atoms with Gasteiger partial charge < -0.3 is 27.8 Å². The maximum atomic E-state index is 16.7. The molecule has 0 N–H and O–H groups in total. The Bertz CT molecular complexity index is 3820. The number of aromatic nitrogens is 8. The second kappa shape index (κ2) is 17.2. The average Bonchev–Trinajstić information content (AvgIpc) is 4.21. The van der Waals surface area contributed by atoms with Crippen LogP contribution in [0.3, 0.4) is 0 Å². The molecule has 12 aromatic rings. The van der Waals surface area contributed by atoms with Crippen LogP contribution in [0.1, 0.15) is 29.5 Å². The van der Waals surface area contributed by atoms with E-state index in [0.29, 0.717) is 82.1 Å². The number of hydrogen-bond acceptors (Lipinski definition) is 16. The number of rotatable bonds is 14. The molecule has 344 valence electrons. The van der Waals surface area contributed by atoms with Gasteiger partial charge in [0.15, 0.2) is 22.7 Å². The molecule has 0 unspecified atom stereocenters. The summed E-state index contributed by atoms with van der Waals surface area (Å²) in [6.45, 7) is 1.50. The maximum Gasteiger partial charge on any atom is 0.294 e. The molecule has 21 heteroatoms. The van der Waals surface area contributed by atoms with Crippen molar-refractivity contribution in [3.8, 4) is 77.6 Å². The van der Waals surface area contributed by atoms with Crippen LogP contribution < -0.4 is 18.9 Å². The first kappa shape index (κ1) is 42.7. The van der Waals surface area contributed by atoms with Crippen LogP contribution in [0, 0.1) is 11.6 Å². The number of fused-ring (bicyclic) bond motifs is 4. The van der Waals surface area contributed by atoms with Gasteiger partial charge in [0.2, 0.25) is 9.92 Å². The zero-order valence-electron chi connectivity index (χ0n) is 36.1. The van der Waals surface area contributed by atoms with E-state index >= 15 is 8.78 Å². The number of thiazole rings is 2. The minimum Gasteiger partial charge on any atom is -0.496 e. The van der Waals surface area contributed by atoms with Gasteiger partial charge in [-0.25, -0.2) is 42.1 Å². The van der Waals surface area contributed by atoms with Gasteiger partial charge in [0.25, 0.3) is 5.19 Å². The third kappa shape index (κ3) is 7.91. The lowest BCUT2D eigenvalue weighted by atomic mass is 9.99. The van der Waals surface area contributed by atoms with Crippen LogP contribution in [0.2, 0.25) is 0 Å². The summed E-state index contributed by atoms with van der Waals surface area (Å²) < 4.78 is 86.0. The van der Waals surface area contributed by atoms with E-state index in [2.05, 4.69) is 20.2 Å². The Morgan fingerprint density at radius 1 is 0.667 bits per heavy atom. The number of benzene rings is 4. The Morgan fingerprint density at radius 2 is 1.33 bits per heavy atom. The van der Waals surface area contributed by atoms with E-state index in [4.69, 9.17) is 37.7 Å². The average molecular weight is 1000 g/mol. The molecule has 12 rings (SSSR count). The summed E-state index contributed by atoms with van der Waals surface area (Å²) in [6.07, 6.45) is 2.08. The van der Waals surface area contributed by atoms with E-state index in [0.717, 1.165) is 21.9 Å². The van der Waals surface area contributed by atoms with Gasteiger partial charge in [-0.15, -0.1) is 27.8 Å². The van der Waals surface area contributed by atoms with E-state index in [1.54, 1.807) is 61.5 Å². The van der Waals surface area contributed by atoms with E-state index in [9.17, 15) is 4.39 Å². The second-order valence-corrected chi connectivity index (χ2v) is 19.1. The molecule has 0 bridgehead atoms. The molecule has 0 aliphatic carbocycles. The minimum atomic E-state index is -1.27. The van der Waals surface area contributed by atoms with Crippen LogP contribution in [0.4, 0.5) is 13.2 Å². The topological polar surface area (TPSA) is 149 Å². The summed E-state index contributed by atoms with van der Waals surface area (Å²) in [5, 5.41) is 15.6. The summed E-state index contributed by atoms with van der Waals surface area (Å²) in [6, 6.07) is 22.4. The Kier molecular flexibility index (Phi) is 10.6. The maximum absolute atomic E-state index is 16.7. The molecule has 0 amide bonds. The predicted octanol–water partition coefficient (Wildman–Crippen LogP) is 13.1. The molecule has 0 saturated heterocycles. The van der Waals surface area contributed by atoms with Gasteiger partial charge in [0.05, 0.1) is 54.3 Å². The zero-order chi connectivity index (χ0) is 46.9. The van der Waals surface area contributed by atoms with Crippen molar-refractivity contribution in [1.29, 1.82) is 0 Å². The first-order valence-electron chi connectivity index (χ1n) is 20.9.